The Bertz CT molecular complexity index is 620. The molecule has 2 aromatic rings. The third kappa shape index (κ3) is 3.53. The highest BCUT2D eigenvalue weighted by atomic mass is 19.1. The van der Waals surface area contributed by atoms with Gasteiger partial charge < -0.3 is 10.1 Å². The molecule has 0 atom stereocenters. The summed E-state index contributed by atoms with van der Waals surface area (Å²) in [6, 6.07) is 10.0. The second kappa shape index (κ2) is 6.64. The number of nitrogens with zero attached hydrogens (tertiary/aromatic N) is 2. The average Bonchev–Trinajstić information content (AvgIpc) is 2.49. The van der Waals surface area contributed by atoms with Gasteiger partial charge in [-0.25, -0.2) is 9.37 Å². The molecule has 0 aliphatic carbocycles. The molecule has 0 aliphatic rings. The minimum absolute atomic E-state index is 0.325. The molecule has 1 N–H and O–H groups in total. The largest absolute Gasteiger partial charge is 0.481 e. The Kier molecular flexibility index (Phi) is 4.64. The van der Waals surface area contributed by atoms with E-state index in [-0.39, 0.29) is 5.82 Å². The Morgan fingerprint density at radius 2 is 2.15 bits per heavy atom. The van der Waals surface area contributed by atoms with Gasteiger partial charge >= 0.3 is 0 Å². The molecule has 2 rings (SSSR count). The van der Waals surface area contributed by atoms with Crippen molar-refractivity contribution in [1.82, 2.24) is 10.3 Å². The van der Waals surface area contributed by atoms with E-state index in [2.05, 4.69) is 10.3 Å². The van der Waals surface area contributed by atoms with Crippen LogP contribution >= 0.6 is 0 Å². The van der Waals surface area contributed by atoms with E-state index in [4.69, 9.17) is 10.00 Å². The number of benzene rings is 1. The lowest BCUT2D eigenvalue weighted by molar-refractivity contribution is 0.397. The summed E-state index contributed by atoms with van der Waals surface area (Å²) in [6.07, 6.45) is 1.71. The van der Waals surface area contributed by atoms with Crippen molar-refractivity contribution in [2.24, 2.45) is 0 Å². The molecule has 20 heavy (non-hydrogen) atoms. The molecular formula is C15H14FN3O. The molecule has 0 unspecified atom stereocenters. The van der Waals surface area contributed by atoms with E-state index in [1.165, 1.54) is 6.07 Å². The normalized spacial score (nSPS) is 10.1. The number of nitriles is 1. The summed E-state index contributed by atoms with van der Waals surface area (Å²) in [5.74, 6) is 0.191. The molecule has 0 fully saturated rings. The van der Waals surface area contributed by atoms with Crippen molar-refractivity contribution in [3.05, 3.63) is 59.0 Å². The van der Waals surface area contributed by atoms with Gasteiger partial charge in [0.2, 0.25) is 5.88 Å². The van der Waals surface area contributed by atoms with E-state index in [1.54, 1.807) is 31.5 Å². The van der Waals surface area contributed by atoms with E-state index in [1.807, 2.05) is 12.1 Å². The van der Waals surface area contributed by atoms with E-state index in [9.17, 15) is 4.39 Å². The number of hydrogen-bond donors (Lipinski definition) is 1. The van der Waals surface area contributed by atoms with Crippen LogP contribution in [0, 0.1) is 17.1 Å². The molecule has 102 valence electrons. The van der Waals surface area contributed by atoms with Crippen molar-refractivity contribution in [3.8, 4) is 11.9 Å². The summed E-state index contributed by atoms with van der Waals surface area (Å²) < 4.78 is 18.6. The van der Waals surface area contributed by atoms with E-state index < -0.39 is 0 Å². The first-order valence-corrected chi connectivity index (χ1v) is 6.11. The van der Waals surface area contributed by atoms with Crippen LogP contribution in [0.3, 0.4) is 0 Å². The molecule has 1 aromatic heterocycles. The molecule has 0 aliphatic heterocycles. The summed E-state index contributed by atoms with van der Waals surface area (Å²) in [5.41, 5.74) is 1.84. The van der Waals surface area contributed by atoms with Gasteiger partial charge in [0.1, 0.15) is 5.82 Å². The number of nitrogens with one attached hydrogen (secondary N) is 1. The van der Waals surface area contributed by atoms with Gasteiger partial charge in [0, 0.05) is 30.9 Å². The van der Waals surface area contributed by atoms with Crippen LogP contribution in [0.25, 0.3) is 0 Å². The van der Waals surface area contributed by atoms with Crippen LogP contribution in [-0.4, -0.2) is 12.1 Å². The van der Waals surface area contributed by atoms with Crippen molar-refractivity contribution >= 4 is 0 Å². The van der Waals surface area contributed by atoms with Crippen LogP contribution in [-0.2, 0) is 13.1 Å². The zero-order valence-electron chi connectivity index (χ0n) is 11.1. The molecule has 1 heterocycles. The first kappa shape index (κ1) is 14.0. The molecule has 0 radical (unpaired) electrons. The Balaban J connectivity index is 1.91. The van der Waals surface area contributed by atoms with Crippen molar-refractivity contribution in [3.63, 3.8) is 0 Å². The lowest BCUT2D eigenvalue weighted by atomic mass is 10.1. The minimum atomic E-state index is -0.371. The molecule has 1 aromatic carbocycles. The molecule has 0 spiro atoms. The summed E-state index contributed by atoms with van der Waals surface area (Å²) in [7, 11) is 1.56. The molecule has 0 saturated carbocycles. The topological polar surface area (TPSA) is 57.9 Å². The number of hydrogen-bond acceptors (Lipinski definition) is 4. The number of rotatable bonds is 5. The van der Waals surface area contributed by atoms with Gasteiger partial charge in [0.25, 0.3) is 0 Å². The highest BCUT2D eigenvalue weighted by Gasteiger charge is 2.03. The summed E-state index contributed by atoms with van der Waals surface area (Å²) in [6.45, 7) is 0.972. The van der Waals surface area contributed by atoms with Gasteiger partial charge in [-0.1, -0.05) is 12.1 Å². The monoisotopic (exact) mass is 271 g/mol. The van der Waals surface area contributed by atoms with E-state index in [0.717, 1.165) is 5.56 Å². The van der Waals surface area contributed by atoms with Crippen molar-refractivity contribution < 1.29 is 9.13 Å². The van der Waals surface area contributed by atoms with Gasteiger partial charge in [0.15, 0.2) is 0 Å². The summed E-state index contributed by atoms with van der Waals surface area (Å²) >= 11 is 0. The number of halogens is 1. The minimum Gasteiger partial charge on any atom is -0.481 e. The lowest BCUT2D eigenvalue weighted by Crippen LogP contribution is -2.14. The number of pyridine rings is 1. The summed E-state index contributed by atoms with van der Waals surface area (Å²) in [5, 5.41) is 11.8. The Morgan fingerprint density at radius 1 is 1.30 bits per heavy atom. The number of ether oxygens (including phenoxy) is 1. The third-order valence-electron chi connectivity index (χ3n) is 2.83. The zero-order chi connectivity index (χ0) is 14.4. The Morgan fingerprint density at radius 3 is 2.75 bits per heavy atom. The van der Waals surface area contributed by atoms with Crippen LogP contribution < -0.4 is 10.1 Å². The predicted octanol–water partition coefficient (Wildman–Crippen LogP) is 2.39. The standard InChI is InChI=1S/C15H14FN3O/c1-20-15-5-3-12(9-19-15)8-18-10-13-4-2-11(7-17)6-14(13)16/h2-6,9,18H,8,10H2,1H3. The molecule has 5 heteroatoms. The smallest absolute Gasteiger partial charge is 0.212 e. The van der Waals surface area contributed by atoms with Gasteiger partial charge in [0.05, 0.1) is 18.7 Å². The van der Waals surface area contributed by atoms with Crippen LogP contribution in [0.5, 0.6) is 5.88 Å². The van der Waals surface area contributed by atoms with E-state index in [0.29, 0.717) is 30.1 Å². The molecule has 4 nitrogen and oxygen atoms in total. The highest BCUT2D eigenvalue weighted by Crippen LogP contribution is 2.10. The fraction of sp³-hybridized carbons (Fsp3) is 0.200. The van der Waals surface area contributed by atoms with Crippen LogP contribution in [0.1, 0.15) is 16.7 Å². The second-order valence-corrected chi connectivity index (χ2v) is 4.23. The molecular weight excluding hydrogens is 257 g/mol. The Labute approximate surface area is 116 Å². The Hall–Kier alpha value is -2.45. The van der Waals surface area contributed by atoms with Crippen molar-refractivity contribution in [2.75, 3.05) is 7.11 Å². The first-order valence-electron chi connectivity index (χ1n) is 6.11. The lowest BCUT2D eigenvalue weighted by Gasteiger charge is -2.07. The van der Waals surface area contributed by atoms with Gasteiger partial charge in [-0.3, -0.25) is 0 Å². The fourth-order valence-electron chi connectivity index (χ4n) is 1.74. The zero-order valence-corrected chi connectivity index (χ0v) is 11.1. The maximum atomic E-state index is 13.6. The quantitative estimate of drug-likeness (QED) is 0.907. The van der Waals surface area contributed by atoms with Crippen LogP contribution in [0.4, 0.5) is 4.39 Å². The molecule has 0 saturated heterocycles. The van der Waals surface area contributed by atoms with Crippen LogP contribution in [0.15, 0.2) is 36.5 Å². The van der Waals surface area contributed by atoms with Gasteiger partial charge in [-0.15, -0.1) is 0 Å². The molecule has 0 amide bonds. The summed E-state index contributed by atoms with van der Waals surface area (Å²) in [4.78, 5) is 4.09. The first-order chi connectivity index (χ1) is 9.72. The predicted molar refractivity (Wildman–Crippen MR) is 72.4 cm³/mol. The number of methoxy groups -OCH3 is 1. The van der Waals surface area contributed by atoms with Gasteiger partial charge in [-0.05, 0) is 17.7 Å². The highest BCUT2D eigenvalue weighted by molar-refractivity contribution is 5.32. The maximum absolute atomic E-state index is 13.6. The second-order valence-electron chi connectivity index (χ2n) is 4.23. The maximum Gasteiger partial charge on any atom is 0.212 e. The van der Waals surface area contributed by atoms with E-state index >= 15 is 0 Å². The van der Waals surface area contributed by atoms with Crippen LogP contribution in [0.2, 0.25) is 0 Å². The van der Waals surface area contributed by atoms with Crippen molar-refractivity contribution in [2.45, 2.75) is 13.1 Å². The SMILES string of the molecule is COc1ccc(CNCc2ccc(C#N)cc2F)cn1. The van der Waals surface area contributed by atoms with Gasteiger partial charge in [-0.2, -0.15) is 5.26 Å². The number of aromatic nitrogens is 1. The van der Waals surface area contributed by atoms with Crippen molar-refractivity contribution in [1.29, 1.82) is 5.26 Å². The third-order valence-corrected chi connectivity index (χ3v) is 2.83. The average molecular weight is 271 g/mol. The molecule has 0 bridgehead atoms. The fourth-order valence-corrected chi connectivity index (χ4v) is 1.74.